The number of hydrogen-bond acceptors (Lipinski definition) is 3. The van der Waals surface area contributed by atoms with Gasteiger partial charge in [-0.25, -0.2) is 8.78 Å². The second-order valence-electron chi connectivity index (χ2n) is 2.45. The maximum absolute atomic E-state index is 12.9. The second kappa shape index (κ2) is 4.04. The average Bonchev–Trinajstić information content (AvgIpc) is 2.02. The molecule has 4 N–H and O–H groups in total. The third kappa shape index (κ3) is 2.29. The van der Waals surface area contributed by atoms with Crippen LogP contribution in [0, 0.1) is 11.6 Å². The molecule has 3 nitrogen and oxygen atoms in total. The van der Waals surface area contributed by atoms with E-state index in [-0.39, 0.29) is 18.8 Å². The zero-order chi connectivity index (χ0) is 9.84. The average molecular weight is 188 g/mol. The van der Waals surface area contributed by atoms with Gasteiger partial charge in [-0.2, -0.15) is 0 Å². The van der Waals surface area contributed by atoms with Gasteiger partial charge in [-0.1, -0.05) is 0 Å². The number of benzene rings is 1. The summed E-state index contributed by atoms with van der Waals surface area (Å²) >= 11 is 0. The number of anilines is 1. The van der Waals surface area contributed by atoms with Gasteiger partial charge in [0.1, 0.15) is 6.61 Å². The maximum atomic E-state index is 12.9. The van der Waals surface area contributed by atoms with E-state index >= 15 is 0 Å². The van der Waals surface area contributed by atoms with Crippen LogP contribution in [0.2, 0.25) is 0 Å². The molecule has 5 heteroatoms. The van der Waals surface area contributed by atoms with E-state index in [1.54, 1.807) is 0 Å². The lowest BCUT2D eigenvalue weighted by molar-refractivity contribution is 0.294. The molecular formula is C8H10F2N2O. The summed E-state index contributed by atoms with van der Waals surface area (Å²) in [4.78, 5) is 0. The summed E-state index contributed by atoms with van der Waals surface area (Å²) in [7, 11) is 0. The van der Waals surface area contributed by atoms with Crippen molar-refractivity contribution in [3.05, 3.63) is 23.8 Å². The Morgan fingerprint density at radius 2 is 1.77 bits per heavy atom. The molecule has 0 heterocycles. The predicted octanol–water partition coefficient (Wildman–Crippen LogP) is 0.884. The summed E-state index contributed by atoms with van der Waals surface area (Å²) in [5, 5.41) is 0. The summed E-state index contributed by atoms with van der Waals surface area (Å²) in [6, 6.07) is 1.99. The standard InChI is InChI=1S/C8H10F2N2O/c9-6-3-5(12)4-7(10)8(6)13-2-1-11/h3-4H,1-2,11-12H2. The van der Waals surface area contributed by atoms with Crippen LogP contribution < -0.4 is 16.2 Å². The van der Waals surface area contributed by atoms with E-state index in [0.29, 0.717) is 0 Å². The normalized spacial score (nSPS) is 10.1. The lowest BCUT2D eigenvalue weighted by atomic mass is 10.3. The molecule has 72 valence electrons. The van der Waals surface area contributed by atoms with Crippen molar-refractivity contribution in [2.75, 3.05) is 18.9 Å². The fourth-order valence-corrected chi connectivity index (χ4v) is 0.878. The highest BCUT2D eigenvalue weighted by Crippen LogP contribution is 2.23. The number of ether oxygens (including phenoxy) is 1. The molecule has 0 spiro atoms. The summed E-state index contributed by atoms with van der Waals surface area (Å²) in [6.07, 6.45) is 0. The van der Waals surface area contributed by atoms with Gasteiger partial charge in [-0.3, -0.25) is 0 Å². The molecule has 0 aromatic heterocycles. The molecule has 1 rings (SSSR count). The Hall–Kier alpha value is -1.36. The first-order valence-electron chi connectivity index (χ1n) is 3.72. The smallest absolute Gasteiger partial charge is 0.190 e. The highest BCUT2D eigenvalue weighted by atomic mass is 19.1. The Morgan fingerprint density at radius 1 is 1.23 bits per heavy atom. The SMILES string of the molecule is NCCOc1c(F)cc(N)cc1F. The van der Waals surface area contributed by atoms with Gasteiger partial charge >= 0.3 is 0 Å². The first-order chi connectivity index (χ1) is 6.15. The largest absolute Gasteiger partial charge is 0.486 e. The van der Waals surface area contributed by atoms with Crippen LogP contribution in [0.3, 0.4) is 0 Å². The molecule has 13 heavy (non-hydrogen) atoms. The summed E-state index contributed by atoms with van der Waals surface area (Å²) in [6.45, 7) is 0.265. The van der Waals surface area contributed by atoms with Crippen LogP contribution in [-0.2, 0) is 0 Å². The van der Waals surface area contributed by atoms with Crippen molar-refractivity contribution < 1.29 is 13.5 Å². The number of halogens is 2. The molecule has 0 atom stereocenters. The number of hydrogen-bond donors (Lipinski definition) is 2. The first kappa shape index (κ1) is 9.73. The lowest BCUT2D eigenvalue weighted by Gasteiger charge is -2.07. The zero-order valence-corrected chi connectivity index (χ0v) is 6.89. The van der Waals surface area contributed by atoms with E-state index in [1.165, 1.54) is 0 Å². The number of nitrogens with two attached hydrogens (primary N) is 2. The van der Waals surface area contributed by atoms with E-state index in [1.807, 2.05) is 0 Å². The molecule has 1 aromatic carbocycles. The third-order valence-corrected chi connectivity index (χ3v) is 1.38. The summed E-state index contributed by atoms with van der Waals surface area (Å²) < 4.78 is 30.6. The Morgan fingerprint density at radius 3 is 2.23 bits per heavy atom. The molecule has 0 saturated heterocycles. The Balaban J connectivity index is 2.92. The van der Waals surface area contributed by atoms with Crippen molar-refractivity contribution in [2.45, 2.75) is 0 Å². The van der Waals surface area contributed by atoms with Crippen LogP contribution >= 0.6 is 0 Å². The minimum atomic E-state index is -0.814. The molecule has 0 bridgehead atoms. The van der Waals surface area contributed by atoms with E-state index in [2.05, 4.69) is 0 Å². The van der Waals surface area contributed by atoms with Crippen LogP contribution in [-0.4, -0.2) is 13.2 Å². The Kier molecular flexibility index (Phi) is 3.02. The molecule has 0 saturated carbocycles. The van der Waals surface area contributed by atoms with Crippen molar-refractivity contribution in [3.8, 4) is 5.75 Å². The Labute approximate surface area is 74.3 Å². The first-order valence-corrected chi connectivity index (χ1v) is 3.72. The predicted molar refractivity (Wildman–Crippen MR) is 45.3 cm³/mol. The fourth-order valence-electron chi connectivity index (χ4n) is 0.878. The van der Waals surface area contributed by atoms with E-state index in [9.17, 15) is 8.78 Å². The van der Waals surface area contributed by atoms with Gasteiger partial charge < -0.3 is 16.2 Å². The maximum Gasteiger partial charge on any atom is 0.190 e. The van der Waals surface area contributed by atoms with Crippen molar-refractivity contribution in [2.24, 2.45) is 5.73 Å². The Bertz CT molecular complexity index is 281. The number of rotatable bonds is 3. The zero-order valence-electron chi connectivity index (χ0n) is 6.89. The molecular weight excluding hydrogens is 178 g/mol. The highest BCUT2D eigenvalue weighted by molar-refractivity contribution is 5.44. The van der Waals surface area contributed by atoms with Gasteiger partial charge in [0.05, 0.1) is 0 Å². The lowest BCUT2D eigenvalue weighted by Crippen LogP contribution is -2.12. The summed E-state index contributed by atoms with van der Waals surface area (Å²) in [5.41, 5.74) is 10.3. The molecule has 0 unspecified atom stereocenters. The van der Waals surface area contributed by atoms with Crippen LogP contribution in [0.25, 0.3) is 0 Å². The molecule has 0 aliphatic rings. The molecule has 0 fully saturated rings. The third-order valence-electron chi connectivity index (χ3n) is 1.38. The molecule has 0 radical (unpaired) electrons. The van der Waals surface area contributed by atoms with Gasteiger partial charge in [0.15, 0.2) is 17.4 Å². The monoisotopic (exact) mass is 188 g/mol. The van der Waals surface area contributed by atoms with Crippen molar-refractivity contribution in [1.29, 1.82) is 0 Å². The van der Waals surface area contributed by atoms with Crippen LogP contribution in [0.1, 0.15) is 0 Å². The molecule has 0 aliphatic heterocycles. The van der Waals surface area contributed by atoms with Gasteiger partial charge in [0.25, 0.3) is 0 Å². The minimum Gasteiger partial charge on any atom is -0.486 e. The molecule has 0 aliphatic carbocycles. The van der Waals surface area contributed by atoms with Crippen molar-refractivity contribution in [3.63, 3.8) is 0 Å². The van der Waals surface area contributed by atoms with Crippen LogP contribution in [0.5, 0.6) is 5.75 Å². The van der Waals surface area contributed by atoms with Gasteiger partial charge in [-0.05, 0) is 0 Å². The van der Waals surface area contributed by atoms with Crippen LogP contribution in [0.15, 0.2) is 12.1 Å². The van der Waals surface area contributed by atoms with E-state index in [0.717, 1.165) is 12.1 Å². The second-order valence-corrected chi connectivity index (χ2v) is 2.45. The van der Waals surface area contributed by atoms with Crippen molar-refractivity contribution in [1.82, 2.24) is 0 Å². The summed E-state index contributed by atoms with van der Waals surface area (Å²) in [5.74, 6) is -2.06. The fraction of sp³-hybridized carbons (Fsp3) is 0.250. The van der Waals surface area contributed by atoms with Crippen LogP contribution in [0.4, 0.5) is 14.5 Å². The number of nitrogen functional groups attached to an aromatic ring is 1. The van der Waals surface area contributed by atoms with Gasteiger partial charge in [0, 0.05) is 24.4 Å². The van der Waals surface area contributed by atoms with E-state index in [4.69, 9.17) is 16.2 Å². The van der Waals surface area contributed by atoms with Gasteiger partial charge in [0.2, 0.25) is 0 Å². The quantitative estimate of drug-likeness (QED) is 0.692. The topological polar surface area (TPSA) is 61.3 Å². The molecule has 1 aromatic rings. The minimum absolute atomic E-state index is 0.0232. The van der Waals surface area contributed by atoms with E-state index < -0.39 is 17.4 Å². The van der Waals surface area contributed by atoms with Gasteiger partial charge in [-0.15, -0.1) is 0 Å². The van der Waals surface area contributed by atoms with Crippen molar-refractivity contribution >= 4 is 5.69 Å². The highest BCUT2D eigenvalue weighted by Gasteiger charge is 2.10. The molecule has 0 amide bonds.